The molecule has 0 spiro atoms. The highest BCUT2D eigenvalue weighted by molar-refractivity contribution is 5.82. The largest absolute Gasteiger partial charge is 0.493 e. The van der Waals surface area contributed by atoms with E-state index in [2.05, 4.69) is 26.9 Å². The summed E-state index contributed by atoms with van der Waals surface area (Å²) < 4.78 is 13.5. The molecular weight excluding hydrogens is 354 g/mol. The number of aryl methyl sites for hydroxylation is 1. The van der Waals surface area contributed by atoms with Crippen LogP contribution in [0.15, 0.2) is 55.5 Å². The van der Waals surface area contributed by atoms with Crippen LogP contribution in [-0.2, 0) is 7.05 Å². The average molecular weight is 375 g/mol. The smallest absolute Gasteiger partial charge is 0.221 e. The summed E-state index contributed by atoms with van der Waals surface area (Å²) in [7, 11) is 1.85. The number of H-pyrrole nitrogens is 1. The van der Waals surface area contributed by atoms with Gasteiger partial charge in [0.25, 0.3) is 0 Å². The lowest BCUT2D eigenvalue weighted by atomic mass is 10.2. The Hall–Kier alpha value is -3.61. The van der Waals surface area contributed by atoms with Crippen LogP contribution in [0.1, 0.15) is 12.0 Å². The predicted octanol–water partition coefficient (Wildman–Crippen LogP) is 3.85. The molecule has 3 heterocycles. The first-order chi connectivity index (χ1) is 13.8. The fourth-order valence-electron chi connectivity index (χ4n) is 2.95. The van der Waals surface area contributed by atoms with Crippen LogP contribution < -0.4 is 9.47 Å². The van der Waals surface area contributed by atoms with Crippen molar-refractivity contribution in [3.8, 4) is 22.9 Å². The van der Waals surface area contributed by atoms with Crippen LogP contribution in [0.25, 0.3) is 28.2 Å². The van der Waals surface area contributed by atoms with Crippen molar-refractivity contribution in [2.45, 2.75) is 6.42 Å². The molecular formula is C21H21N5O2. The van der Waals surface area contributed by atoms with Gasteiger partial charge in [0.1, 0.15) is 5.75 Å². The first-order valence-electron chi connectivity index (χ1n) is 9.05. The van der Waals surface area contributed by atoms with Crippen LogP contribution >= 0.6 is 0 Å². The van der Waals surface area contributed by atoms with Crippen LogP contribution in [0.4, 0.5) is 0 Å². The summed E-state index contributed by atoms with van der Waals surface area (Å²) >= 11 is 0. The lowest BCUT2D eigenvalue weighted by Crippen LogP contribution is -2.08. The monoisotopic (exact) mass is 375 g/mol. The van der Waals surface area contributed by atoms with Gasteiger partial charge >= 0.3 is 0 Å². The van der Waals surface area contributed by atoms with Gasteiger partial charge in [-0.2, -0.15) is 10.2 Å². The second-order valence-electron chi connectivity index (χ2n) is 6.31. The zero-order valence-electron chi connectivity index (χ0n) is 15.6. The van der Waals surface area contributed by atoms with E-state index in [1.807, 2.05) is 37.4 Å². The average Bonchev–Trinajstić information content (AvgIpc) is 3.34. The number of aromatic amines is 1. The van der Waals surface area contributed by atoms with Crippen molar-refractivity contribution in [2.24, 2.45) is 7.05 Å². The van der Waals surface area contributed by atoms with Crippen LogP contribution in [0.2, 0.25) is 0 Å². The number of ether oxygens (including phenoxy) is 2. The Morgan fingerprint density at radius 3 is 2.89 bits per heavy atom. The Morgan fingerprint density at radius 1 is 1.14 bits per heavy atom. The molecule has 3 aromatic heterocycles. The molecule has 0 saturated heterocycles. The van der Waals surface area contributed by atoms with E-state index >= 15 is 0 Å². The number of nitrogens with one attached hydrogen (secondary N) is 1. The van der Waals surface area contributed by atoms with Crippen LogP contribution in [0.5, 0.6) is 11.6 Å². The first-order valence-corrected chi connectivity index (χ1v) is 9.05. The normalized spacial score (nSPS) is 10.9. The second kappa shape index (κ2) is 7.96. The minimum atomic E-state index is 0.511. The molecule has 0 unspecified atom stereocenters. The standard InChI is InChI=1S/C21H21N5O2/c1-3-15-7-4-5-8-20(15)27-9-6-10-28-21-17(13-24-26(21)2)18-11-16-12-23-25-19(16)14-22-18/h3-5,7-8,11-14H,1,6,9-10H2,2H3,(H,23,25). The van der Waals surface area contributed by atoms with Gasteiger partial charge in [0.15, 0.2) is 0 Å². The number of hydrogen-bond acceptors (Lipinski definition) is 5. The summed E-state index contributed by atoms with van der Waals surface area (Å²) in [5, 5.41) is 12.2. The molecule has 0 aliphatic rings. The Morgan fingerprint density at radius 2 is 2.00 bits per heavy atom. The third kappa shape index (κ3) is 3.59. The molecule has 0 atom stereocenters. The van der Waals surface area contributed by atoms with Gasteiger partial charge in [0, 0.05) is 24.4 Å². The number of para-hydroxylation sites is 1. The van der Waals surface area contributed by atoms with Crippen molar-refractivity contribution >= 4 is 17.0 Å². The minimum absolute atomic E-state index is 0.511. The fourth-order valence-corrected chi connectivity index (χ4v) is 2.95. The van der Waals surface area contributed by atoms with E-state index in [0.29, 0.717) is 19.1 Å². The fraction of sp³-hybridized carbons (Fsp3) is 0.190. The van der Waals surface area contributed by atoms with Crippen molar-refractivity contribution in [3.63, 3.8) is 0 Å². The van der Waals surface area contributed by atoms with Crippen LogP contribution in [0.3, 0.4) is 0 Å². The molecule has 4 aromatic rings. The molecule has 0 amide bonds. The molecule has 4 rings (SSSR count). The quantitative estimate of drug-likeness (QED) is 0.473. The summed E-state index contributed by atoms with van der Waals surface area (Å²) in [5.41, 5.74) is 3.53. The van der Waals surface area contributed by atoms with Gasteiger partial charge in [0.05, 0.1) is 48.6 Å². The SMILES string of the molecule is C=Cc1ccccc1OCCCOc1c(-c2cc3cn[nH]c3cn2)cnn1C. The molecule has 142 valence electrons. The molecule has 7 heteroatoms. The van der Waals surface area contributed by atoms with E-state index in [-0.39, 0.29) is 0 Å². The van der Waals surface area contributed by atoms with E-state index in [1.165, 1.54) is 0 Å². The molecule has 0 radical (unpaired) electrons. The summed E-state index contributed by atoms with van der Waals surface area (Å²) in [5.74, 6) is 1.51. The summed E-state index contributed by atoms with van der Waals surface area (Å²) in [6.07, 6.45) is 7.83. The van der Waals surface area contributed by atoms with Gasteiger partial charge in [-0.1, -0.05) is 30.9 Å². The maximum atomic E-state index is 5.99. The van der Waals surface area contributed by atoms with Gasteiger partial charge in [-0.3, -0.25) is 10.1 Å². The third-order valence-electron chi connectivity index (χ3n) is 4.41. The number of nitrogens with zero attached hydrogens (tertiary/aromatic N) is 4. The first kappa shape index (κ1) is 17.8. The van der Waals surface area contributed by atoms with E-state index in [0.717, 1.165) is 39.9 Å². The Kier molecular flexibility index (Phi) is 5.05. The molecule has 0 aliphatic heterocycles. The molecule has 7 nitrogen and oxygen atoms in total. The Bertz CT molecular complexity index is 1100. The van der Waals surface area contributed by atoms with Crippen molar-refractivity contribution in [1.82, 2.24) is 25.0 Å². The van der Waals surface area contributed by atoms with Gasteiger partial charge in [-0.05, 0) is 12.1 Å². The van der Waals surface area contributed by atoms with Crippen LogP contribution in [-0.4, -0.2) is 38.2 Å². The van der Waals surface area contributed by atoms with Crippen molar-refractivity contribution in [1.29, 1.82) is 0 Å². The summed E-state index contributed by atoms with van der Waals surface area (Å²) in [4.78, 5) is 4.49. The van der Waals surface area contributed by atoms with Crippen molar-refractivity contribution < 1.29 is 9.47 Å². The number of pyridine rings is 1. The lowest BCUT2D eigenvalue weighted by molar-refractivity contribution is 0.236. The van der Waals surface area contributed by atoms with E-state index < -0.39 is 0 Å². The zero-order valence-corrected chi connectivity index (χ0v) is 15.6. The molecule has 0 bridgehead atoms. The number of rotatable bonds is 8. The molecule has 0 fully saturated rings. The summed E-state index contributed by atoms with van der Waals surface area (Å²) in [6, 6.07) is 9.80. The van der Waals surface area contributed by atoms with Gasteiger partial charge < -0.3 is 9.47 Å². The second-order valence-corrected chi connectivity index (χ2v) is 6.31. The van der Waals surface area contributed by atoms with E-state index in [1.54, 1.807) is 29.3 Å². The molecule has 0 saturated carbocycles. The Balaban J connectivity index is 1.39. The van der Waals surface area contributed by atoms with Crippen molar-refractivity contribution in [2.75, 3.05) is 13.2 Å². The predicted molar refractivity (Wildman–Crippen MR) is 108 cm³/mol. The Labute approximate surface area is 162 Å². The highest BCUT2D eigenvalue weighted by Gasteiger charge is 2.14. The topological polar surface area (TPSA) is 77.8 Å². The van der Waals surface area contributed by atoms with Gasteiger partial charge in [-0.15, -0.1) is 0 Å². The van der Waals surface area contributed by atoms with Gasteiger partial charge in [-0.25, -0.2) is 4.68 Å². The maximum Gasteiger partial charge on any atom is 0.221 e. The number of aromatic nitrogens is 5. The zero-order chi connectivity index (χ0) is 19.3. The minimum Gasteiger partial charge on any atom is -0.493 e. The molecule has 1 N–H and O–H groups in total. The van der Waals surface area contributed by atoms with Crippen molar-refractivity contribution in [3.05, 3.63) is 61.1 Å². The summed E-state index contributed by atoms with van der Waals surface area (Å²) in [6.45, 7) is 4.87. The highest BCUT2D eigenvalue weighted by atomic mass is 16.5. The van der Waals surface area contributed by atoms with E-state index in [4.69, 9.17) is 9.47 Å². The molecule has 0 aliphatic carbocycles. The lowest BCUT2D eigenvalue weighted by Gasteiger charge is -2.11. The van der Waals surface area contributed by atoms with E-state index in [9.17, 15) is 0 Å². The number of benzene rings is 1. The molecule has 28 heavy (non-hydrogen) atoms. The number of hydrogen-bond donors (Lipinski definition) is 1. The highest BCUT2D eigenvalue weighted by Crippen LogP contribution is 2.29. The third-order valence-corrected chi connectivity index (χ3v) is 4.41. The van der Waals surface area contributed by atoms with Crippen LogP contribution in [0, 0.1) is 0 Å². The molecule has 1 aromatic carbocycles. The maximum absolute atomic E-state index is 5.99. The number of fused-ring (bicyclic) bond motifs is 1. The van der Waals surface area contributed by atoms with Gasteiger partial charge in [0.2, 0.25) is 5.88 Å².